The van der Waals surface area contributed by atoms with Gasteiger partial charge >= 0.3 is 0 Å². The van der Waals surface area contributed by atoms with E-state index in [1.165, 1.54) is 6.92 Å². The zero-order chi connectivity index (χ0) is 14.8. The molecule has 1 aromatic rings. The molecule has 3 nitrogen and oxygen atoms in total. The molecule has 19 heavy (non-hydrogen) atoms. The fraction of sp³-hybridized carbons (Fsp3) is 0.462. The van der Waals surface area contributed by atoms with Crippen molar-refractivity contribution in [2.24, 2.45) is 5.92 Å². The normalized spacial score (nSPS) is 14.3. The monoisotopic (exact) mass is 275 g/mol. The van der Waals surface area contributed by atoms with Crippen LogP contribution >= 0.6 is 0 Å². The Kier molecular flexibility index (Phi) is 4.57. The predicted molar refractivity (Wildman–Crippen MR) is 64.1 cm³/mol. The molecule has 0 aliphatic carbocycles. The maximum atomic E-state index is 13.4. The number of nitrogens with one attached hydrogen (secondary N) is 1. The van der Waals surface area contributed by atoms with Crippen LogP contribution in [0.2, 0.25) is 0 Å². The van der Waals surface area contributed by atoms with Crippen molar-refractivity contribution < 1.29 is 23.1 Å². The average Bonchev–Trinajstić information content (AvgIpc) is 2.33. The molecule has 0 fully saturated rings. The first-order valence-electron chi connectivity index (χ1n) is 5.81. The molecule has 1 atom stereocenters. The van der Waals surface area contributed by atoms with Crippen molar-refractivity contribution in [3.05, 3.63) is 35.1 Å². The van der Waals surface area contributed by atoms with Gasteiger partial charge in [0, 0.05) is 6.54 Å². The summed E-state index contributed by atoms with van der Waals surface area (Å²) in [5.74, 6) is -5.63. The van der Waals surface area contributed by atoms with Crippen LogP contribution in [0, 0.1) is 23.4 Å². The Labute approximate surface area is 109 Å². The van der Waals surface area contributed by atoms with E-state index in [2.05, 4.69) is 5.32 Å². The summed E-state index contributed by atoms with van der Waals surface area (Å²) in [5.41, 5.74) is -1.77. The minimum absolute atomic E-state index is 0.123. The zero-order valence-electron chi connectivity index (χ0n) is 10.9. The second-order valence-corrected chi connectivity index (χ2v) is 4.92. The van der Waals surface area contributed by atoms with E-state index in [0.717, 1.165) is 6.07 Å². The van der Waals surface area contributed by atoms with E-state index in [0.29, 0.717) is 6.07 Å². The summed E-state index contributed by atoms with van der Waals surface area (Å²) in [4.78, 5) is 11.6. The van der Waals surface area contributed by atoms with Gasteiger partial charge in [0.05, 0.1) is 11.2 Å². The van der Waals surface area contributed by atoms with Crippen LogP contribution in [0.15, 0.2) is 12.1 Å². The van der Waals surface area contributed by atoms with E-state index in [4.69, 9.17) is 0 Å². The largest absolute Gasteiger partial charge is 0.388 e. The van der Waals surface area contributed by atoms with Crippen LogP contribution in [0.4, 0.5) is 13.2 Å². The van der Waals surface area contributed by atoms with Crippen molar-refractivity contribution >= 4 is 5.91 Å². The Hall–Kier alpha value is -1.56. The third kappa shape index (κ3) is 3.47. The van der Waals surface area contributed by atoms with Crippen LogP contribution in [-0.2, 0) is 0 Å². The summed E-state index contributed by atoms with van der Waals surface area (Å²) in [6, 6.07) is 1.53. The molecule has 0 heterocycles. The third-order valence-corrected chi connectivity index (χ3v) is 3.13. The maximum absolute atomic E-state index is 13.4. The number of carbonyl (C=O) groups excluding carboxylic acids is 1. The number of halogens is 3. The highest BCUT2D eigenvalue weighted by molar-refractivity contribution is 5.94. The third-order valence-electron chi connectivity index (χ3n) is 3.13. The summed E-state index contributed by atoms with van der Waals surface area (Å²) in [6.07, 6.45) is 0. The van der Waals surface area contributed by atoms with Crippen molar-refractivity contribution in [2.45, 2.75) is 26.4 Å². The predicted octanol–water partition coefficient (Wildman–Crippen LogP) is 2.24. The van der Waals surface area contributed by atoms with Gasteiger partial charge in [-0.1, -0.05) is 13.8 Å². The van der Waals surface area contributed by atoms with E-state index in [-0.39, 0.29) is 12.5 Å². The fourth-order valence-corrected chi connectivity index (χ4v) is 1.26. The van der Waals surface area contributed by atoms with Crippen LogP contribution in [0.5, 0.6) is 0 Å². The molecular weight excluding hydrogens is 259 g/mol. The van der Waals surface area contributed by atoms with Gasteiger partial charge in [-0.05, 0) is 25.0 Å². The van der Waals surface area contributed by atoms with Crippen molar-refractivity contribution in [3.8, 4) is 0 Å². The van der Waals surface area contributed by atoms with Crippen LogP contribution in [0.3, 0.4) is 0 Å². The number of aliphatic hydroxyl groups is 1. The van der Waals surface area contributed by atoms with Crippen LogP contribution in [0.25, 0.3) is 0 Å². The minimum Gasteiger partial charge on any atom is -0.388 e. The summed E-state index contributed by atoms with van der Waals surface area (Å²) >= 11 is 0. The van der Waals surface area contributed by atoms with Gasteiger partial charge in [0.2, 0.25) is 0 Å². The van der Waals surface area contributed by atoms with Crippen molar-refractivity contribution in [2.75, 3.05) is 6.54 Å². The second kappa shape index (κ2) is 5.61. The van der Waals surface area contributed by atoms with Gasteiger partial charge in [-0.25, -0.2) is 13.2 Å². The van der Waals surface area contributed by atoms with Crippen molar-refractivity contribution in [1.82, 2.24) is 5.32 Å². The van der Waals surface area contributed by atoms with Gasteiger partial charge in [-0.2, -0.15) is 0 Å². The second-order valence-electron chi connectivity index (χ2n) is 4.92. The molecule has 1 aromatic carbocycles. The molecule has 2 N–H and O–H groups in total. The Morgan fingerprint density at radius 2 is 1.89 bits per heavy atom. The molecule has 6 heteroatoms. The SMILES string of the molecule is CC(C)C(C)(O)CNC(=O)c1ccc(F)c(F)c1F. The topological polar surface area (TPSA) is 49.3 Å². The lowest BCUT2D eigenvalue weighted by atomic mass is 9.92. The molecule has 0 radical (unpaired) electrons. The van der Waals surface area contributed by atoms with Gasteiger partial charge in [0.15, 0.2) is 17.5 Å². The molecule has 0 spiro atoms. The average molecular weight is 275 g/mol. The number of carbonyl (C=O) groups is 1. The molecule has 0 saturated carbocycles. The van der Waals surface area contributed by atoms with E-state index >= 15 is 0 Å². The lowest BCUT2D eigenvalue weighted by Crippen LogP contribution is -2.44. The maximum Gasteiger partial charge on any atom is 0.254 e. The highest BCUT2D eigenvalue weighted by Gasteiger charge is 2.26. The van der Waals surface area contributed by atoms with Gasteiger partial charge < -0.3 is 10.4 Å². The highest BCUT2D eigenvalue weighted by Crippen LogP contribution is 2.17. The van der Waals surface area contributed by atoms with E-state index < -0.39 is 34.5 Å². The van der Waals surface area contributed by atoms with Crippen molar-refractivity contribution in [3.63, 3.8) is 0 Å². The lowest BCUT2D eigenvalue weighted by molar-refractivity contribution is 0.0142. The quantitative estimate of drug-likeness (QED) is 0.828. The van der Waals surface area contributed by atoms with Gasteiger partial charge in [0.1, 0.15) is 0 Å². The molecule has 1 amide bonds. The first kappa shape index (κ1) is 15.5. The molecule has 0 aromatic heterocycles. The summed E-state index contributed by atoms with van der Waals surface area (Å²) < 4.78 is 39.0. The van der Waals surface area contributed by atoms with E-state index in [1.807, 2.05) is 0 Å². The Balaban J connectivity index is 2.83. The summed E-state index contributed by atoms with van der Waals surface area (Å²) in [6.45, 7) is 4.90. The number of rotatable bonds is 4. The molecule has 0 bridgehead atoms. The minimum atomic E-state index is -1.69. The Bertz CT molecular complexity index is 487. The number of benzene rings is 1. The molecule has 1 rings (SSSR count). The molecule has 0 aliphatic rings. The van der Waals surface area contributed by atoms with Crippen molar-refractivity contribution in [1.29, 1.82) is 0 Å². The number of hydrogen-bond donors (Lipinski definition) is 2. The van der Waals surface area contributed by atoms with Gasteiger partial charge in [-0.15, -0.1) is 0 Å². The van der Waals surface area contributed by atoms with Gasteiger partial charge in [-0.3, -0.25) is 4.79 Å². The number of amides is 1. The van der Waals surface area contributed by atoms with Gasteiger partial charge in [0.25, 0.3) is 5.91 Å². The fourth-order valence-electron chi connectivity index (χ4n) is 1.26. The van der Waals surface area contributed by atoms with Crippen LogP contribution in [0.1, 0.15) is 31.1 Å². The van der Waals surface area contributed by atoms with E-state index in [1.54, 1.807) is 13.8 Å². The molecule has 0 saturated heterocycles. The first-order valence-corrected chi connectivity index (χ1v) is 5.81. The standard InChI is InChI=1S/C13H16F3NO2/c1-7(2)13(3,19)6-17-12(18)8-4-5-9(14)11(16)10(8)15/h4-5,7,19H,6H2,1-3H3,(H,17,18). The number of hydrogen-bond acceptors (Lipinski definition) is 2. The lowest BCUT2D eigenvalue weighted by Gasteiger charge is -2.27. The molecule has 106 valence electrons. The molecule has 1 unspecified atom stereocenters. The van der Waals surface area contributed by atoms with Crippen LogP contribution < -0.4 is 5.32 Å². The smallest absolute Gasteiger partial charge is 0.254 e. The zero-order valence-corrected chi connectivity index (χ0v) is 10.9. The van der Waals surface area contributed by atoms with Crippen LogP contribution in [-0.4, -0.2) is 23.2 Å². The highest BCUT2D eigenvalue weighted by atomic mass is 19.2. The molecular formula is C13H16F3NO2. The van der Waals surface area contributed by atoms with E-state index in [9.17, 15) is 23.1 Å². The summed E-state index contributed by atoms with van der Waals surface area (Å²) in [5, 5.41) is 12.2. The Morgan fingerprint density at radius 3 is 2.42 bits per heavy atom. The summed E-state index contributed by atoms with van der Waals surface area (Å²) in [7, 11) is 0. The first-order chi connectivity index (χ1) is 8.66. The Morgan fingerprint density at radius 1 is 1.32 bits per heavy atom. The molecule has 0 aliphatic heterocycles.